The zero-order valence-corrected chi connectivity index (χ0v) is 36.3. The van der Waals surface area contributed by atoms with Crippen molar-refractivity contribution in [3.8, 4) is 51.1 Å². The Morgan fingerprint density at radius 1 is 0.617 bits per heavy atom. The van der Waals surface area contributed by atoms with Crippen LogP contribution in [0.2, 0.25) is 0 Å². The van der Waals surface area contributed by atoms with Crippen molar-refractivity contribution in [2.24, 2.45) is 0 Å². The molecule has 0 radical (unpaired) electrons. The number of aromatic nitrogens is 5. The molecule has 0 saturated heterocycles. The van der Waals surface area contributed by atoms with E-state index in [1.54, 1.807) is 12.5 Å². The van der Waals surface area contributed by atoms with Crippen LogP contribution in [-0.4, -0.2) is 23.9 Å². The summed E-state index contributed by atoms with van der Waals surface area (Å²) in [5.74, 6) is 2.36. The molecular weight excluding hydrogens is 739 g/mol. The summed E-state index contributed by atoms with van der Waals surface area (Å²) in [5, 5.41) is 0. The number of benzene rings is 5. The van der Waals surface area contributed by atoms with Crippen molar-refractivity contribution in [3.63, 3.8) is 0 Å². The number of hydrogen-bond acceptors (Lipinski definition) is 5. The Balaban J connectivity index is 1.29. The molecule has 60 heavy (non-hydrogen) atoms. The third-order valence-electron chi connectivity index (χ3n) is 11.6. The summed E-state index contributed by atoms with van der Waals surface area (Å²) < 4.78 is 17.9. The third kappa shape index (κ3) is 7.06. The summed E-state index contributed by atoms with van der Waals surface area (Å²) >= 11 is 0. The minimum Gasteiger partial charge on any atom is -0.439 e. The SMILES string of the molecule is CC(C)c1cc(C(C)(C)C)cc(C(C)C)c1-n1c(-c2cc(Oc3cc(-c4ccccc4)cc(-c4cccc(C(C)(C)C)c4)n3)cc3c2oc2cncn23)nc2ccccc21. The van der Waals surface area contributed by atoms with E-state index in [1.807, 2.05) is 22.6 Å². The molecule has 4 heterocycles. The van der Waals surface area contributed by atoms with Crippen LogP contribution in [0.15, 0.2) is 132 Å². The Hall–Kier alpha value is -6.47. The van der Waals surface area contributed by atoms with E-state index in [9.17, 15) is 0 Å². The zero-order valence-electron chi connectivity index (χ0n) is 36.3. The quantitative estimate of drug-likeness (QED) is 0.153. The number of rotatable bonds is 8. The van der Waals surface area contributed by atoms with Crippen molar-refractivity contribution in [1.82, 2.24) is 23.9 Å². The number of ether oxygens (including phenoxy) is 1. The molecular formula is C53H53N5O2. The van der Waals surface area contributed by atoms with Crippen molar-refractivity contribution in [1.29, 1.82) is 0 Å². The maximum atomic E-state index is 6.94. The van der Waals surface area contributed by atoms with Gasteiger partial charge < -0.3 is 9.15 Å². The molecule has 0 unspecified atom stereocenters. The lowest BCUT2D eigenvalue weighted by atomic mass is 9.81. The van der Waals surface area contributed by atoms with Crippen molar-refractivity contribution in [2.45, 2.75) is 91.9 Å². The molecule has 9 aromatic rings. The predicted octanol–water partition coefficient (Wildman–Crippen LogP) is 14.4. The van der Waals surface area contributed by atoms with Crippen LogP contribution in [0.5, 0.6) is 11.6 Å². The molecule has 5 aromatic carbocycles. The molecule has 4 aromatic heterocycles. The van der Waals surface area contributed by atoms with E-state index in [2.05, 4.69) is 176 Å². The number of fused-ring (bicyclic) bond motifs is 4. The zero-order chi connectivity index (χ0) is 42.1. The van der Waals surface area contributed by atoms with Gasteiger partial charge in [-0.1, -0.05) is 142 Å². The first-order valence-corrected chi connectivity index (χ1v) is 21.1. The monoisotopic (exact) mass is 791 g/mol. The second-order valence-electron chi connectivity index (χ2n) is 18.7. The van der Waals surface area contributed by atoms with E-state index >= 15 is 0 Å². The van der Waals surface area contributed by atoms with Crippen molar-refractivity contribution in [3.05, 3.63) is 150 Å². The molecule has 0 aliphatic heterocycles. The predicted molar refractivity (Wildman–Crippen MR) is 246 cm³/mol. The lowest BCUT2D eigenvalue weighted by molar-refractivity contribution is 0.464. The van der Waals surface area contributed by atoms with E-state index in [-0.39, 0.29) is 22.7 Å². The van der Waals surface area contributed by atoms with Gasteiger partial charge in [0.1, 0.15) is 17.9 Å². The highest BCUT2D eigenvalue weighted by atomic mass is 16.5. The van der Waals surface area contributed by atoms with E-state index in [1.165, 1.54) is 22.3 Å². The topological polar surface area (TPSA) is 70.4 Å². The summed E-state index contributed by atoms with van der Waals surface area (Å²) in [6.07, 6.45) is 3.53. The van der Waals surface area contributed by atoms with Gasteiger partial charge in [-0.2, -0.15) is 0 Å². The summed E-state index contributed by atoms with van der Waals surface area (Å²) in [5.41, 5.74) is 15.1. The Morgan fingerprint density at radius 2 is 1.30 bits per heavy atom. The first-order valence-electron chi connectivity index (χ1n) is 21.1. The van der Waals surface area contributed by atoms with Gasteiger partial charge in [-0.25, -0.2) is 15.0 Å². The molecule has 0 aliphatic rings. The Labute approximate surface area is 352 Å². The molecule has 7 heteroatoms. The highest BCUT2D eigenvalue weighted by Gasteiger charge is 2.28. The Morgan fingerprint density at radius 3 is 2.00 bits per heavy atom. The highest BCUT2D eigenvalue weighted by molar-refractivity contribution is 5.95. The van der Waals surface area contributed by atoms with Gasteiger partial charge in [-0.15, -0.1) is 0 Å². The van der Waals surface area contributed by atoms with Gasteiger partial charge in [0.15, 0.2) is 5.58 Å². The van der Waals surface area contributed by atoms with Crippen molar-refractivity contribution in [2.75, 3.05) is 0 Å². The average molecular weight is 792 g/mol. The molecule has 0 N–H and O–H groups in total. The van der Waals surface area contributed by atoms with E-state index < -0.39 is 0 Å². The van der Waals surface area contributed by atoms with E-state index in [4.69, 9.17) is 19.1 Å². The second-order valence-corrected chi connectivity index (χ2v) is 18.7. The Bertz CT molecular complexity index is 3010. The van der Waals surface area contributed by atoms with Crippen molar-refractivity contribution < 1.29 is 9.15 Å². The first kappa shape index (κ1) is 39.0. The summed E-state index contributed by atoms with van der Waals surface area (Å²) in [6, 6.07) is 40.5. The molecule has 0 amide bonds. The van der Waals surface area contributed by atoms with Crippen LogP contribution in [0.3, 0.4) is 0 Å². The summed E-state index contributed by atoms with van der Waals surface area (Å²) in [7, 11) is 0. The molecule has 0 aliphatic carbocycles. The fourth-order valence-corrected chi connectivity index (χ4v) is 8.20. The molecule has 0 bridgehead atoms. The minimum absolute atomic E-state index is 0.0154. The van der Waals surface area contributed by atoms with Crippen LogP contribution in [-0.2, 0) is 10.8 Å². The molecule has 0 atom stereocenters. The number of pyridine rings is 1. The standard InChI is InChI=1S/C53H53N5O2/c1-32(2)40-26-38(53(8,9)10)27-41(33(3)4)49(40)58-45-22-15-14-21-43(45)56-51(58)42-28-39(29-46-50(42)60-48-30-54-31-57(46)48)59-47-25-36(34-17-12-11-13-18-34)24-44(55-47)35-19-16-20-37(23-35)52(5,6)7/h11-33H,1-10H3. The molecule has 7 nitrogen and oxygen atoms in total. The summed E-state index contributed by atoms with van der Waals surface area (Å²) in [6.45, 7) is 22.7. The van der Waals surface area contributed by atoms with Gasteiger partial charge in [0.25, 0.3) is 0 Å². The molecule has 302 valence electrons. The maximum Gasteiger partial charge on any atom is 0.224 e. The fraction of sp³-hybridized carbons (Fsp3) is 0.264. The molecule has 0 spiro atoms. The number of nitrogens with zero attached hydrogens (tertiary/aromatic N) is 5. The normalized spacial score (nSPS) is 12.5. The van der Waals surface area contributed by atoms with Crippen LogP contribution in [0.1, 0.15) is 103 Å². The smallest absolute Gasteiger partial charge is 0.224 e. The maximum absolute atomic E-state index is 6.94. The van der Waals surface area contributed by atoms with Gasteiger partial charge in [-0.3, -0.25) is 8.97 Å². The largest absolute Gasteiger partial charge is 0.439 e. The van der Waals surface area contributed by atoms with Crippen LogP contribution >= 0.6 is 0 Å². The minimum atomic E-state index is -0.0193. The van der Waals surface area contributed by atoms with Crippen LogP contribution in [0.25, 0.3) is 67.3 Å². The van der Waals surface area contributed by atoms with Gasteiger partial charge >= 0.3 is 0 Å². The van der Waals surface area contributed by atoms with E-state index in [0.717, 1.165) is 56.0 Å². The highest BCUT2D eigenvalue weighted by Crippen LogP contribution is 2.44. The second kappa shape index (κ2) is 14.7. The number of oxazole rings is 1. The van der Waals surface area contributed by atoms with Crippen LogP contribution < -0.4 is 4.74 Å². The van der Waals surface area contributed by atoms with E-state index in [0.29, 0.717) is 22.9 Å². The lowest BCUT2D eigenvalue weighted by Gasteiger charge is -2.28. The third-order valence-corrected chi connectivity index (χ3v) is 11.6. The van der Waals surface area contributed by atoms with Gasteiger partial charge in [0.05, 0.1) is 39.7 Å². The van der Waals surface area contributed by atoms with Crippen molar-refractivity contribution >= 4 is 27.8 Å². The lowest BCUT2D eigenvalue weighted by Crippen LogP contribution is -2.16. The van der Waals surface area contributed by atoms with Gasteiger partial charge in [0.2, 0.25) is 11.6 Å². The van der Waals surface area contributed by atoms with Crippen LogP contribution in [0, 0.1) is 0 Å². The van der Waals surface area contributed by atoms with Gasteiger partial charge in [-0.05, 0) is 86.4 Å². The number of imidazole rings is 2. The average Bonchev–Trinajstić information content (AvgIpc) is 3.94. The number of para-hydroxylation sites is 2. The fourth-order valence-electron chi connectivity index (χ4n) is 8.20. The molecule has 9 rings (SSSR count). The molecule has 0 fully saturated rings. The Kier molecular flexibility index (Phi) is 9.54. The van der Waals surface area contributed by atoms with Crippen LogP contribution in [0.4, 0.5) is 0 Å². The first-order chi connectivity index (χ1) is 28.6. The molecule has 0 saturated carbocycles. The summed E-state index contributed by atoms with van der Waals surface area (Å²) in [4.78, 5) is 15.0. The number of hydrogen-bond donors (Lipinski definition) is 0. The van der Waals surface area contributed by atoms with Gasteiger partial charge in [0, 0.05) is 17.7 Å².